The molecule has 2 aromatic carbocycles. The van der Waals surface area contributed by atoms with Gasteiger partial charge in [-0.1, -0.05) is 59.6 Å². The summed E-state index contributed by atoms with van der Waals surface area (Å²) in [6.07, 6.45) is 4.55. The largest absolute Gasteiger partial charge is 0.362 e. The monoisotopic (exact) mass is 404 g/mol. The van der Waals surface area contributed by atoms with Crippen LogP contribution in [0.25, 0.3) is 0 Å². The number of anilines is 1. The highest BCUT2D eigenvalue weighted by atomic mass is 35.5. The highest BCUT2D eigenvalue weighted by molar-refractivity contribution is 7.80. The molecule has 0 bridgehead atoms. The third-order valence-corrected chi connectivity index (χ3v) is 4.75. The van der Waals surface area contributed by atoms with E-state index >= 15 is 0 Å². The Balaban J connectivity index is 1.48. The molecule has 1 aromatic heterocycles. The predicted molar refractivity (Wildman–Crippen MR) is 112 cm³/mol. The molecular weight excluding hydrogens is 387 g/mol. The van der Waals surface area contributed by atoms with Gasteiger partial charge in [0.15, 0.2) is 5.11 Å². The molecule has 0 fully saturated rings. The van der Waals surface area contributed by atoms with Gasteiger partial charge in [-0.05, 0) is 41.9 Å². The van der Waals surface area contributed by atoms with E-state index in [2.05, 4.69) is 27.9 Å². The van der Waals surface area contributed by atoms with Gasteiger partial charge in [-0.2, -0.15) is 5.10 Å². The Hall–Kier alpha value is -2.08. The Labute approximate surface area is 168 Å². The zero-order valence-corrected chi connectivity index (χ0v) is 16.3. The molecule has 3 aromatic rings. The predicted octanol–water partition coefficient (Wildman–Crippen LogP) is 4.77. The molecule has 0 amide bonds. The molecule has 2 N–H and O–H groups in total. The average molecular weight is 405 g/mol. The van der Waals surface area contributed by atoms with E-state index in [0.29, 0.717) is 21.7 Å². The molecule has 0 saturated carbocycles. The lowest BCUT2D eigenvalue weighted by atomic mass is 10.1. The van der Waals surface area contributed by atoms with Crippen molar-refractivity contribution in [2.75, 3.05) is 11.9 Å². The van der Waals surface area contributed by atoms with Gasteiger partial charge in [0, 0.05) is 12.7 Å². The molecule has 0 spiro atoms. The molecule has 7 heteroatoms. The molecule has 0 atom stereocenters. The van der Waals surface area contributed by atoms with Crippen LogP contribution in [0.2, 0.25) is 10.0 Å². The van der Waals surface area contributed by atoms with Gasteiger partial charge in [-0.3, -0.25) is 4.68 Å². The van der Waals surface area contributed by atoms with Crippen molar-refractivity contribution in [1.82, 2.24) is 15.1 Å². The van der Waals surface area contributed by atoms with Crippen molar-refractivity contribution in [3.8, 4) is 0 Å². The van der Waals surface area contributed by atoms with Crippen LogP contribution in [-0.2, 0) is 13.0 Å². The maximum atomic E-state index is 6.05. The van der Waals surface area contributed by atoms with Crippen LogP contribution in [0, 0.1) is 0 Å². The maximum absolute atomic E-state index is 6.05. The van der Waals surface area contributed by atoms with Gasteiger partial charge in [0.05, 0.1) is 28.5 Å². The first-order valence-electron chi connectivity index (χ1n) is 8.15. The number of halogens is 2. The van der Waals surface area contributed by atoms with Crippen molar-refractivity contribution in [2.45, 2.75) is 13.0 Å². The summed E-state index contributed by atoms with van der Waals surface area (Å²) in [5.41, 5.74) is 3.14. The summed E-state index contributed by atoms with van der Waals surface area (Å²) in [5, 5.41) is 12.3. The van der Waals surface area contributed by atoms with Crippen molar-refractivity contribution in [3.63, 3.8) is 0 Å². The Kier molecular flexibility index (Phi) is 6.50. The second-order valence-electron chi connectivity index (χ2n) is 5.79. The van der Waals surface area contributed by atoms with Crippen LogP contribution in [0.15, 0.2) is 60.9 Å². The number of hydrogen-bond donors (Lipinski definition) is 2. The number of nitrogens with one attached hydrogen (secondary N) is 2. The smallest absolute Gasteiger partial charge is 0.170 e. The van der Waals surface area contributed by atoms with E-state index in [-0.39, 0.29) is 0 Å². The number of hydrogen-bond acceptors (Lipinski definition) is 2. The van der Waals surface area contributed by atoms with Crippen molar-refractivity contribution in [2.24, 2.45) is 0 Å². The summed E-state index contributed by atoms with van der Waals surface area (Å²) in [6, 6.07) is 15.8. The van der Waals surface area contributed by atoms with Gasteiger partial charge >= 0.3 is 0 Å². The van der Waals surface area contributed by atoms with Crippen LogP contribution >= 0.6 is 35.4 Å². The van der Waals surface area contributed by atoms with E-state index in [4.69, 9.17) is 35.4 Å². The van der Waals surface area contributed by atoms with Crippen LogP contribution < -0.4 is 10.6 Å². The second kappa shape index (κ2) is 9.03. The standard InChI is InChI=1S/C19H18Cl2N4S/c20-17-7-6-15(10-18(17)21)12-25-13-16(11-23-25)24-19(26)22-9-8-14-4-2-1-3-5-14/h1-7,10-11,13H,8-9,12H2,(H2,22,24,26). The summed E-state index contributed by atoms with van der Waals surface area (Å²) in [6.45, 7) is 1.38. The van der Waals surface area contributed by atoms with Crippen LogP contribution in [-0.4, -0.2) is 21.4 Å². The molecule has 0 unspecified atom stereocenters. The fourth-order valence-electron chi connectivity index (χ4n) is 2.48. The number of rotatable bonds is 6. The fourth-order valence-corrected chi connectivity index (χ4v) is 3.02. The average Bonchev–Trinajstić information content (AvgIpc) is 3.06. The molecule has 134 valence electrons. The van der Waals surface area contributed by atoms with Crippen molar-refractivity contribution in [1.29, 1.82) is 0 Å². The quantitative estimate of drug-likeness (QED) is 0.580. The van der Waals surface area contributed by atoms with Crippen LogP contribution in [0.5, 0.6) is 0 Å². The minimum Gasteiger partial charge on any atom is -0.362 e. The lowest BCUT2D eigenvalue weighted by molar-refractivity contribution is 0.687. The van der Waals surface area contributed by atoms with E-state index in [0.717, 1.165) is 24.2 Å². The summed E-state index contributed by atoms with van der Waals surface area (Å²) < 4.78 is 1.81. The highest BCUT2D eigenvalue weighted by Crippen LogP contribution is 2.23. The van der Waals surface area contributed by atoms with E-state index in [1.54, 1.807) is 12.3 Å². The van der Waals surface area contributed by atoms with E-state index in [1.807, 2.05) is 41.2 Å². The molecule has 26 heavy (non-hydrogen) atoms. The van der Waals surface area contributed by atoms with Crippen LogP contribution in [0.1, 0.15) is 11.1 Å². The minimum atomic E-state index is 0.540. The van der Waals surface area contributed by atoms with Gasteiger partial charge in [0.25, 0.3) is 0 Å². The maximum Gasteiger partial charge on any atom is 0.170 e. The van der Waals surface area contributed by atoms with Gasteiger partial charge in [-0.15, -0.1) is 0 Å². The third-order valence-electron chi connectivity index (χ3n) is 3.76. The molecule has 4 nitrogen and oxygen atoms in total. The molecule has 0 saturated heterocycles. The van der Waals surface area contributed by atoms with Crippen molar-refractivity contribution >= 4 is 46.2 Å². The first-order valence-corrected chi connectivity index (χ1v) is 9.32. The topological polar surface area (TPSA) is 41.9 Å². The SMILES string of the molecule is S=C(NCCc1ccccc1)Nc1cnn(Cc2ccc(Cl)c(Cl)c2)c1. The molecule has 0 aliphatic carbocycles. The Morgan fingerprint density at radius 1 is 1.04 bits per heavy atom. The first kappa shape index (κ1) is 18.7. The summed E-state index contributed by atoms with van der Waals surface area (Å²) >= 11 is 17.3. The molecule has 0 radical (unpaired) electrons. The van der Waals surface area contributed by atoms with E-state index in [9.17, 15) is 0 Å². The number of benzene rings is 2. The first-order chi connectivity index (χ1) is 12.6. The van der Waals surface area contributed by atoms with Gasteiger partial charge < -0.3 is 10.6 Å². The number of thiocarbonyl (C=S) groups is 1. The van der Waals surface area contributed by atoms with Crippen molar-refractivity contribution < 1.29 is 0 Å². The fraction of sp³-hybridized carbons (Fsp3) is 0.158. The van der Waals surface area contributed by atoms with E-state index < -0.39 is 0 Å². The number of nitrogens with zero attached hydrogens (tertiary/aromatic N) is 2. The van der Waals surface area contributed by atoms with E-state index in [1.165, 1.54) is 5.56 Å². The second-order valence-corrected chi connectivity index (χ2v) is 7.01. The summed E-state index contributed by atoms with van der Waals surface area (Å²) in [7, 11) is 0. The zero-order valence-electron chi connectivity index (χ0n) is 14.0. The van der Waals surface area contributed by atoms with Gasteiger partial charge in [0.1, 0.15) is 0 Å². The Morgan fingerprint density at radius 3 is 2.62 bits per heavy atom. The molecule has 0 aliphatic rings. The minimum absolute atomic E-state index is 0.540. The van der Waals surface area contributed by atoms with Crippen molar-refractivity contribution in [3.05, 3.63) is 82.1 Å². The van der Waals surface area contributed by atoms with Crippen LogP contribution in [0.4, 0.5) is 5.69 Å². The summed E-state index contributed by atoms with van der Waals surface area (Å²) in [4.78, 5) is 0. The Morgan fingerprint density at radius 2 is 1.85 bits per heavy atom. The van der Waals surface area contributed by atoms with Crippen LogP contribution in [0.3, 0.4) is 0 Å². The highest BCUT2D eigenvalue weighted by Gasteiger charge is 2.04. The lowest BCUT2D eigenvalue weighted by Gasteiger charge is -2.09. The van der Waals surface area contributed by atoms with Gasteiger partial charge in [0.2, 0.25) is 0 Å². The third kappa shape index (κ3) is 5.46. The Bertz CT molecular complexity index is 880. The molecular formula is C19H18Cl2N4S. The molecule has 1 heterocycles. The number of aromatic nitrogens is 2. The van der Waals surface area contributed by atoms with Gasteiger partial charge in [-0.25, -0.2) is 0 Å². The molecule has 0 aliphatic heterocycles. The lowest BCUT2D eigenvalue weighted by Crippen LogP contribution is -2.30. The zero-order chi connectivity index (χ0) is 18.4. The normalized spacial score (nSPS) is 10.5. The molecule has 3 rings (SSSR count). The summed E-state index contributed by atoms with van der Waals surface area (Å²) in [5.74, 6) is 0.